The van der Waals surface area contributed by atoms with Crippen LogP contribution < -0.4 is 5.73 Å². The van der Waals surface area contributed by atoms with E-state index in [0.29, 0.717) is 5.54 Å². The van der Waals surface area contributed by atoms with Gasteiger partial charge >= 0.3 is 0 Å². The van der Waals surface area contributed by atoms with Gasteiger partial charge in [-0.3, -0.25) is 4.90 Å². The number of nitrogens with zero attached hydrogens (tertiary/aromatic N) is 2. The average Bonchev–Trinajstić information content (AvgIpc) is 2.35. The summed E-state index contributed by atoms with van der Waals surface area (Å²) in [6.45, 7) is 5.39. The van der Waals surface area contributed by atoms with Crippen molar-refractivity contribution in [2.75, 3.05) is 27.7 Å². The molecule has 2 atom stereocenters. The fraction of sp³-hybridized carbons (Fsp3) is 0.667. The summed E-state index contributed by atoms with van der Waals surface area (Å²) in [4.78, 5) is 4.87. The Labute approximate surface area is 130 Å². The third-order valence-corrected chi connectivity index (χ3v) is 5.26. The highest BCUT2D eigenvalue weighted by molar-refractivity contribution is 5.30. The Bertz CT molecular complexity index is 463. The van der Waals surface area contributed by atoms with Gasteiger partial charge in [0.05, 0.1) is 0 Å². The molecule has 1 aliphatic rings. The zero-order chi connectivity index (χ0) is 15.6. The molecule has 1 aromatic carbocycles. The SMILES string of the molecule is Cc1ccccc1C(C(C)N)N(C)CC1(N(C)C)CCC1. The maximum absolute atomic E-state index is 6.34. The van der Waals surface area contributed by atoms with Crippen LogP contribution in [0.1, 0.15) is 43.4 Å². The van der Waals surface area contributed by atoms with Crippen LogP contribution in [0.2, 0.25) is 0 Å². The number of hydrogen-bond acceptors (Lipinski definition) is 3. The molecular formula is C18H31N3. The van der Waals surface area contributed by atoms with Crippen molar-refractivity contribution in [2.24, 2.45) is 5.73 Å². The van der Waals surface area contributed by atoms with Crippen molar-refractivity contribution in [2.45, 2.75) is 50.7 Å². The molecule has 0 bridgehead atoms. The molecular weight excluding hydrogens is 258 g/mol. The minimum atomic E-state index is 0.121. The summed E-state index contributed by atoms with van der Waals surface area (Å²) in [5.74, 6) is 0. The monoisotopic (exact) mass is 289 g/mol. The Morgan fingerprint density at radius 1 is 1.19 bits per heavy atom. The second kappa shape index (κ2) is 6.47. The van der Waals surface area contributed by atoms with Gasteiger partial charge in [-0.1, -0.05) is 24.3 Å². The summed E-state index contributed by atoms with van der Waals surface area (Å²) >= 11 is 0. The quantitative estimate of drug-likeness (QED) is 0.874. The normalized spacial score (nSPS) is 20.4. The maximum atomic E-state index is 6.34. The van der Waals surface area contributed by atoms with Crippen LogP contribution in [0, 0.1) is 6.92 Å². The van der Waals surface area contributed by atoms with Gasteiger partial charge < -0.3 is 10.6 Å². The van der Waals surface area contributed by atoms with Crippen LogP contribution in [0.4, 0.5) is 0 Å². The molecule has 2 unspecified atom stereocenters. The van der Waals surface area contributed by atoms with Gasteiger partial charge in [0.25, 0.3) is 0 Å². The lowest BCUT2D eigenvalue weighted by Crippen LogP contribution is -2.58. The predicted molar refractivity (Wildman–Crippen MR) is 90.5 cm³/mol. The van der Waals surface area contributed by atoms with Crippen molar-refractivity contribution in [3.63, 3.8) is 0 Å². The summed E-state index contributed by atoms with van der Waals surface area (Å²) in [6, 6.07) is 9.03. The maximum Gasteiger partial charge on any atom is 0.0496 e. The van der Waals surface area contributed by atoms with E-state index in [4.69, 9.17) is 5.73 Å². The van der Waals surface area contributed by atoms with Crippen molar-refractivity contribution < 1.29 is 0 Å². The highest BCUT2D eigenvalue weighted by Crippen LogP contribution is 2.38. The van der Waals surface area contributed by atoms with Crippen LogP contribution in [0.5, 0.6) is 0 Å². The molecule has 0 aliphatic heterocycles. The molecule has 118 valence electrons. The van der Waals surface area contributed by atoms with Crippen molar-refractivity contribution >= 4 is 0 Å². The zero-order valence-corrected chi connectivity index (χ0v) is 14.3. The molecule has 3 heteroatoms. The Balaban J connectivity index is 2.21. The largest absolute Gasteiger partial charge is 0.326 e. The van der Waals surface area contributed by atoms with Gasteiger partial charge in [-0.05, 0) is 65.4 Å². The van der Waals surface area contributed by atoms with Crippen molar-refractivity contribution in [1.82, 2.24) is 9.80 Å². The van der Waals surface area contributed by atoms with Gasteiger partial charge in [-0.25, -0.2) is 0 Å². The molecule has 0 heterocycles. The minimum absolute atomic E-state index is 0.121. The Hall–Kier alpha value is -0.900. The summed E-state index contributed by atoms with van der Waals surface area (Å²) in [5.41, 5.74) is 9.37. The number of aryl methyl sites for hydroxylation is 1. The van der Waals surface area contributed by atoms with E-state index in [1.54, 1.807) is 0 Å². The fourth-order valence-corrected chi connectivity index (χ4v) is 3.73. The first kappa shape index (κ1) is 16.5. The predicted octanol–water partition coefficient (Wildman–Crippen LogP) is 2.80. The highest BCUT2D eigenvalue weighted by atomic mass is 15.2. The smallest absolute Gasteiger partial charge is 0.0496 e. The number of rotatable bonds is 6. The van der Waals surface area contributed by atoms with Crippen LogP contribution in [-0.4, -0.2) is 49.1 Å². The second-order valence-electron chi connectivity index (χ2n) is 7.05. The van der Waals surface area contributed by atoms with Crippen molar-refractivity contribution in [3.8, 4) is 0 Å². The summed E-state index contributed by atoms with van der Waals surface area (Å²) < 4.78 is 0. The van der Waals surface area contributed by atoms with E-state index < -0.39 is 0 Å². The molecule has 0 radical (unpaired) electrons. The number of nitrogens with two attached hydrogens (primary N) is 1. The average molecular weight is 289 g/mol. The standard InChI is InChI=1S/C18H31N3/c1-14-9-6-7-10-16(14)17(15(2)19)21(5)13-18(20(3)4)11-8-12-18/h6-7,9-10,15,17H,8,11-13,19H2,1-5H3. The van der Waals surface area contributed by atoms with Gasteiger partial charge in [-0.15, -0.1) is 0 Å². The van der Waals surface area contributed by atoms with Gasteiger partial charge in [0.1, 0.15) is 0 Å². The Kier molecular flexibility index (Phi) is 5.07. The Morgan fingerprint density at radius 2 is 1.81 bits per heavy atom. The molecule has 1 aliphatic carbocycles. The Morgan fingerprint density at radius 3 is 2.24 bits per heavy atom. The third-order valence-electron chi connectivity index (χ3n) is 5.26. The molecule has 2 rings (SSSR count). The van der Waals surface area contributed by atoms with Crippen LogP contribution >= 0.6 is 0 Å². The molecule has 0 aromatic heterocycles. The van der Waals surface area contributed by atoms with Gasteiger partial charge in [0, 0.05) is 24.2 Å². The van der Waals surface area contributed by atoms with Gasteiger partial charge in [0.2, 0.25) is 0 Å². The summed E-state index contributed by atoms with van der Waals surface area (Å²) in [5, 5.41) is 0. The fourth-order valence-electron chi connectivity index (χ4n) is 3.73. The van der Waals surface area contributed by atoms with Crippen LogP contribution in [0.25, 0.3) is 0 Å². The highest BCUT2D eigenvalue weighted by Gasteiger charge is 2.41. The third kappa shape index (κ3) is 3.31. The summed E-state index contributed by atoms with van der Waals surface area (Å²) in [6.07, 6.45) is 3.94. The van der Waals surface area contributed by atoms with E-state index >= 15 is 0 Å². The first-order chi connectivity index (χ1) is 9.87. The van der Waals surface area contributed by atoms with E-state index in [9.17, 15) is 0 Å². The van der Waals surface area contributed by atoms with E-state index in [1.165, 1.54) is 30.4 Å². The number of benzene rings is 1. The molecule has 1 saturated carbocycles. The van der Waals surface area contributed by atoms with E-state index in [0.717, 1.165) is 6.54 Å². The number of likely N-dealkylation sites (N-methyl/N-ethyl adjacent to an activating group) is 2. The molecule has 0 amide bonds. The molecule has 2 N–H and O–H groups in total. The van der Waals surface area contributed by atoms with Crippen LogP contribution in [0.3, 0.4) is 0 Å². The first-order valence-corrected chi connectivity index (χ1v) is 8.06. The molecule has 0 spiro atoms. The number of hydrogen-bond donors (Lipinski definition) is 1. The lowest BCUT2D eigenvalue weighted by molar-refractivity contribution is 0.0130. The molecule has 1 fully saturated rings. The van der Waals surface area contributed by atoms with Crippen LogP contribution in [-0.2, 0) is 0 Å². The summed E-state index contributed by atoms with van der Waals surface area (Å²) in [7, 11) is 6.65. The van der Waals surface area contributed by atoms with E-state index in [-0.39, 0.29) is 12.1 Å². The second-order valence-corrected chi connectivity index (χ2v) is 7.05. The van der Waals surface area contributed by atoms with Crippen molar-refractivity contribution in [1.29, 1.82) is 0 Å². The van der Waals surface area contributed by atoms with Gasteiger partial charge in [-0.2, -0.15) is 0 Å². The van der Waals surface area contributed by atoms with E-state index in [2.05, 4.69) is 69.1 Å². The minimum Gasteiger partial charge on any atom is -0.326 e. The van der Waals surface area contributed by atoms with Crippen molar-refractivity contribution in [3.05, 3.63) is 35.4 Å². The topological polar surface area (TPSA) is 32.5 Å². The molecule has 3 nitrogen and oxygen atoms in total. The van der Waals surface area contributed by atoms with Gasteiger partial charge in [0.15, 0.2) is 0 Å². The lowest BCUT2D eigenvalue weighted by Gasteiger charge is -2.51. The molecule has 21 heavy (non-hydrogen) atoms. The lowest BCUT2D eigenvalue weighted by atomic mass is 9.75. The zero-order valence-electron chi connectivity index (χ0n) is 14.3. The molecule has 1 aromatic rings. The van der Waals surface area contributed by atoms with Crippen LogP contribution in [0.15, 0.2) is 24.3 Å². The molecule has 0 saturated heterocycles. The first-order valence-electron chi connectivity index (χ1n) is 8.06. The van der Waals surface area contributed by atoms with E-state index in [1.807, 2.05) is 0 Å².